The molecule has 0 aliphatic heterocycles. The molecule has 0 saturated heterocycles. The summed E-state index contributed by atoms with van der Waals surface area (Å²) in [7, 11) is 0. The number of rotatable bonds is 4. The third kappa shape index (κ3) is 4.37. The molecular formula is C13H8F3NO4. The largest absolute Gasteiger partial charge is 0.573 e. The third-order valence-electron chi connectivity index (χ3n) is 2.32. The summed E-state index contributed by atoms with van der Waals surface area (Å²) in [5.41, 5.74) is -0.114. The van der Waals surface area contributed by atoms with Crippen LogP contribution in [0, 0.1) is 10.1 Å². The fourth-order valence-electron chi connectivity index (χ4n) is 1.51. The van der Waals surface area contributed by atoms with Crippen molar-refractivity contribution in [1.82, 2.24) is 0 Å². The average molecular weight is 299 g/mol. The van der Waals surface area contributed by atoms with Crippen molar-refractivity contribution in [2.24, 2.45) is 0 Å². The van der Waals surface area contributed by atoms with Gasteiger partial charge in [0.05, 0.1) is 4.92 Å². The Labute approximate surface area is 116 Å². The lowest BCUT2D eigenvalue weighted by Crippen LogP contribution is -2.16. The monoisotopic (exact) mass is 299 g/mol. The molecule has 110 valence electrons. The Morgan fingerprint density at radius 3 is 2.14 bits per heavy atom. The number of alkyl halides is 3. The highest BCUT2D eigenvalue weighted by atomic mass is 19.4. The third-order valence-corrected chi connectivity index (χ3v) is 2.32. The second kappa shape index (κ2) is 5.70. The van der Waals surface area contributed by atoms with E-state index in [1.54, 1.807) is 0 Å². The molecule has 0 radical (unpaired) electrons. The van der Waals surface area contributed by atoms with E-state index in [4.69, 9.17) is 4.74 Å². The van der Waals surface area contributed by atoms with Crippen molar-refractivity contribution in [3.05, 3.63) is 58.6 Å². The van der Waals surface area contributed by atoms with Gasteiger partial charge in [0, 0.05) is 18.2 Å². The standard InChI is InChI=1S/C13H8F3NO4/c14-13(15,16)21-12-3-1-2-11(8-12)20-10-6-4-9(5-7-10)17(18)19/h1-8H. The highest BCUT2D eigenvalue weighted by molar-refractivity contribution is 5.40. The Hall–Kier alpha value is -2.77. The van der Waals surface area contributed by atoms with Gasteiger partial charge in [-0.05, 0) is 24.3 Å². The van der Waals surface area contributed by atoms with Crippen LogP contribution >= 0.6 is 0 Å². The van der Waals surface area contributed by atoms with Crippen molar-refractivity contribution in [1.29, 1.82) is 0 Å². The van der Waals surface area contributed by atoms with E-state index in [0.717, 1.165) is 12.1 Å². The van der Waals surface area contributed by atoms with E-state index in [-0.39, 0.29) is 17.2 Å². The maximum Gasteiger partial charge on any atom is 0.573 e. The molecule has 8 heteroatoms. The summed E-state index contributed by atoms with van der Waals surface area (Å²) >= 11 is 0. The summed E-state index contributed by atoms with van der Waals surface area (Å²) in [4.78, 5) is 9.92. The van der Waals surface area contributed by atoms with Crippen LogP contribution in [0.1, 0.15) is 0 Å². The minimum atomic E-state index is -4.79. The van der Waals surface area contributed by atoms with Crippen molar-refractivity contribution in [3.8, 4) is 17.2 Å². The maximum atomic E-state index is 12.1. The first-order valence-electron chi connectivity index (χ1n) is 5.61. The first-order valence-corrected chi connectivity index (χ1v) is 5.61. The quantitative estimate of drug-likeness (QED) is 0.624. The van der Waals surface area contributed by atoms with E-state index >= 15 is 0 Å². The first-order chi connectivity index (χ1) is 9.83. The molecule has 2 rings (SSSR count). The Morgan fingerprint density at radius 2 is 1.57 bits per heavy atom. The number of ether oxygens (including phenoxy) is 2. The Morgan fingerprint density at radius 1 is 0.952 bits per heavy atom. The van der Waals surface area contributed by atoms with Crippen LogP contribution in [0.2, 0.25) is 0 Å². The molecule has 0 spiro atoms. The second-order valence-corrected chi connectivity index (χ2v) is 3.88. The van der Waals surface area contributed by atoms with E-state index in [1.165, 1.54) is 36.4 Å². The van der Waals surface area contributed by atoms with Gasteiger partial charge < -0.3 is 9.47 Å². The molecule has 0 N–H and O–H groups in total. The van der Waals surface area contributed by atoms with E-state index < -0.39 is 17.0 Å². The van der Waals surface area contributed by atoms with Gasteiger partial charge in [0.1, 0.15) is 17.2 Å². The molecule has 2 aromatic rings. The van der Waals surface area contributed by atoms with Gasteiger partial charge in [0.2, 0.25) is 0 Å². The fourth-order valence-corrected chi connectivity index (χ4v) is 1.51. The van der Waals surface area contributed by atoms with Crippen LogP contribution in [-0.4, -0.2) is 11.3 Å². The smallest absolute Gasteiger partial charge is 0.457 e. The van der Waals surface area contributed by atoms with Crippen LogP contribution in [-0.2, 0) is 0 Å². The van der Waals surface area contributed by atoms with Crippen LogP contribution in [0.3, 0.4) is 0 Å². The minimum Gasteiger partial charge on any atom is -0.457 e. The Balaban J connectivity index is 2.12. The number of hydrogen-bond acceptors (Lipinski definition) is 4. The van der Waals surface area contributed by atoms with E-state index in [9.17, 15) is 23.3 Å². The molecular weight excluding hydrogens is 291 g/mol. The molecule has 2 aromatic carbocycles. The van der Waals surface area contributed by atoms with Gasteiger partial charge in [-0.1, -0.05) is 6.07 Å². The molecule has 5 nitrogen and oxygen atoms in total. The van der Waals surface area contributed by atoms with Gasteiger partial charge in [-0.3, -0.25) is 10.1 Å². The molecule has 0 atom stereocenters. The molecule has 0 amide bonds. The molecule has 0 aromatic heterocycles. The normalized spacial score (nSPS) is 11.0. The fraction of sp³-hybridized carbons (Fsp3) is 0.0769. The lowest BCUT2D eigenvalue weighted by atomic mass is 10.3. The first kappa shape index (κ1) is 14.6. The zero-order valence-electron chi connectivity index (χ0n) is 10.3. The van der Waals surface area contributed by atoms with Gasteiger partial charge in [0.25, 0.3) is 5.69 Å². The van der Waals surface area contributed by atoms with Crippen molar-refractivity contribution in [3.63, 3.8) is 0 Å². The highest BCUT2D eigenvalue weighted by Gasteiger charge is 2.31. The minimum absolute atomic E-state index is 0.114. The average Bonchev–Trinajstić information content (AvgIpc) is 2.37. The van der Waals surface area contributed by atoms with Crippen LogP contribution in [0.15, 0.2) is 48.5 Å². The van der Waals surface area contributed by atoms with Gasteiger partial charge in [-0.2, -0.15) is 0 Å². The van der Waals surface area contributed by atoms with E-state index in [1.807, 2.05) is 0 Å². The summed E-state index contributed by atoms with van der Waals surface area (Å²) in [6, 6.07) is 10.1. The van der Waals surface area contributed by atoms with Crippen molar-refractivity contribution in [2.45, 2.75) is 6.36 Å². The number of non-ortho nitro benzene ring substituents is 1. The van der Waals surface area contributed by atoms with E-state index in [2.05, 4.69) is 4.74 Å². The molecule has 0 bridgehead atoms. The van der Waals surface area contributed by atoms with Crippen LogP contribution < -0.4 is 9.47 Å². The number of nitro benzene ring substituents is 1. The SMILES string of the molecule is O=[N+]([O-])c1ccc(Oc2cccc(OC(F)(F)F)c2)cc1. The van der Waals surface area contributed by atoms with Gasteiger partial charge in [-0.15, -0.1) is 13.2 Å². The molecule has 0 aliphatic carbocycles. The number of benzene rings is 2. The number of nitrogens with zero attached hydrogens (tertiary/aromatic N) is 1. The summed E-state index contributed by atoms with van der Waals surface area (Å²) in [5, 5.41) is 10.5. The van der Waals surface area contributed by atoms with Crippen molar-refractivity contribution in [2.75, 3.05) is 0 Å². The zero-order chi connectivity index (χ0) is 15.5. The van der Waals surface area contributed by atoms with Gasteiger partial charge in [0.15, 0.2) is 0 Å². The highest BCUT2D eigenvalue weighted by Crippen LogP contribution is 2.29. The van der Waals surface area contributed by atoms with Gasteiger partial charge in [-0.25, -0.2) is 0 Å². The predicted octanol–water partition coefficient (Wildman–Crippen LogP) is 4.29. The molecule has 0 saturated carbocycles. The zero-order valence-corrected chi connectivity index (χ0v) is 10.3. The predicted molar refractivity (Wildman–Crippen MR) is 66.3 cm³/mol. The summed E-state index contributed by atoms with van der Waals surface area (Å²) in [6.45, 7) is 0. The summed E-state index contributed by atoms with van der Waals surface area (Å²) in [6.07, 6.45) is -4.79. The lowest BCUT2D eigenvalue weighted by Gasteiger charge is -2.10. The van der Waals surface area contributed by atoms with Crippen LogP contribution in [0.4, 0.5) is 18.9 Å². The second-order valence-electron chi connectivity index (χ2n) is 3.88. The summed E-state index contributed by atoms with van der Waals surface area (Å²) < 4.78 is 45.3. The lowest BCUT2D eigenvalue weighted by molar-refractivity contribution is -0.384. The number of hydrogen-bond donors (Lipinski definition) is 0. The Bertz CT molecular complexity index is 641. The van der Waals surface area contributed by atoms with Gasteiger partial charge >= 0.3 is 6.36 Å². The van der Waals surface area contributed by atoms with E-state index in [0.29, 0.717) is 0 Å². The molecule has 0 heterocycles. The molecule has 0 fully saturated rings. The Kier molecular flexibility index (Phi) is 3.97. The molecule has 21 heavy (non-hydrogen) atoms. The summed E-state index contributed by atoms with van der Waals surface area (Å²) in [5.74, 6) is -0.0442. The topological polar surface area (TPSA) is 61.6 Å². The van der Waals surface area contributed by atoms with Crippen LogP contribution in [0.25, 0.3) is 0 Å². The maximum absolute atomic E-state index is 12.1. The molecule has 0 unspecified atom stereocenters. The van der Waals surface area contributed by atoms with Crippen LogP contribution in [0.5, 0.6) is 17.2 Å². The molecule has 0 aliphatic rings. The number of nitro groups is 1. The van der Waals surface area contributed by atoms with Crippen molar-refractivity contribution < 1.29 is 27.6 Å². The van der Waals surface area contributed by atoms with Crippen molar-refractivity contribution >= 4 is 5.69 Å². The number of halogens is 3.